The van der Waals surface area contributed by atoms with Crippen LogP contribution in [0, 0.1) is 0 Å². The number of likely N-dealkylation sites (N-methyl/N-ethyl adjacent to an activating group) is 1. The highest BCUT2D eigenvalue weighted by molar-refractivity contribution is 7.13. The lowest BCUT2D eigenvalue weighted by atomic mass is 9.87. The zero-order valence-electron chi connectivity index (χ0n) is 20.3. The Balaban J connectivity index is 1.34. The van der Waals surface area contributed by atoms with Crippen LogP contribution >= 0.6 is 34.5 Å². The van der Waals surface area contributed by atoms with E-state index in [-0.39, 0.29) is 0 Å². The number of rotatable bonds is 4. The molecule has 0 amide bonds. The molecule has 0 radical (unpaired) electrons. The zero-order valence-corrected chi connectivity index (χ0v) is 22.6. The molecule has 8 nitrogen and oxygen atoms in total. The van der Waals surface area contributed by atoms with Crippen molar-refractivity contribution >= 4 is 57.1 Å². The summed E-state index contributed by atoms with van der Waals surface area (Å²) in [6, 6.07) is 11.5. The lowest BCUT2D eigenvalue weighted by molar-refractivity contribution is 0.271. The minimum Gasteiger partial charge on any atom is -0.324 e. The van der Waals surface area contributed by atoms with Gasteiger partial charge in [-0.15, -0.1) is 11.3 Å². The quantitative estimate of drug-likeness (QED) is 0.295. The van der Waals surface area contributed by atoms with Gasteiger partial charge in [-0.1, -0.05) is 35.3 Å². The van der Waals surface area contributed by atoms with Gasteiger partial charge in [0.15, 0.2) is 0 Å². The molecule has 7 rings (SSSR count). The van der Waals surface area contributed by atoms with Gasteiger partial charge in [0.25, 0.3) is 5.56 Å². The summed E-state index contributed by atoms with van der Waals surface area (Å²) < 4.78 is 1.21. The Bertz CT molecular complexity index is 1760. The maximum Gasteiger partial charge on any atom is 0.282 e. The molecule has 190 valence electrons. The highest BCUT2D eigenvalue weighted by Crippen LogP contribution is 2.52. The number of hydrogen-bond donors (Lipinski definition) is 1. The Labute approximate surface area is 231 Å². The van der Waals surface area contributed by atoms with Gasteiger partial charge >= 0.3 is 0 Å². The number of nitrogens with zero attached hydrogens (tertiary/aromatic N) is 6. The number of halogens is 2. The van der Waals surface area contributed by atoms with Gasteiger partial charge in [-0.25, -0.2) is 9.97 Å². The first kappa shape index (κ1) is 23.7. The Morgan fingerprint density at radius 3 is 2.66 bits per heavy atom. The van der Waals surface area contributed by atoms with Crippen molar-refractivity contribution in [3.63, 3.8) is 0 Å². The molecule has 1 saturated carbocycles. The second-order valence-electron chi connectivity index (χ2n) is 9.91. The van der Waals surface area contributed by atoms with Crippen LogP contribution < -0.4 is 10.9 Å². The van der Waals surface area contributed by atoms with Crippen LogP contribution in [0.3, 0.4) is 0 Å². The van der Waals surface area contributed by atoms with E-state index in [1.807, 2.05) is 0 Å². The normalized spacial score (nSPS) is 16.1. The molecule has 5 aromatic rings. The van der Waals surface area contributed by atoms with Gasteiger partial charge in [0.05, 0.1) is 25.8 Å². The summed E-state index contributed by atoms with van der Waals surface area (Å²) in [5.41, 5.74) is 6.52. The molecular weight excluding hydrogens is 541 g/mol. The van der Waals surface area contributed by atoms with Gasteiger partial charge < -0.3 is 10.2 Å². The molecule has 1 aliphatic heterocycles. The fraction of sp³-hybridized carbons (Fsp3) is 0.222. The lowest BCUT2D eigenvalue weighted by Gasteiger charge is -2.32. The van der Waals surface area contributed by atoms with Crippen LogP contribution in [0.5, 0.6) is 0 Å². The lowest BCUT2D eigenvalue weighted by Crippen LogP contribution is -2.35. The Hall–Kier alpha value is -3.37. The molecule has 11 heteroatoms. The monoisotopic (exact) mass is 561 g/mol. The summed E-state index contributed by atoms with van der Waals surface area (Å²) >= 11 is 14.2. The minimum atomic E-state index is -0.415. The van der Waals surface area contributed by atoms with Crippen molar-refractivity contribution in [2.45, 2.75) is 24.8 Å². The van der Waals surface area contributed by atoms with Crippen molar-refractivity contribution in [3.8, 4) is 16.3 Å². The number of anilines is 2. The fourth-order valence-corrected chi connectivity index (χ4v) is 6.57. The van der Waals surface area contributed by atoms with E-state index in [1.165, 1.54) is 46.2 Å². The highest BCUT2D eigenvalue weighted by Gasteiger charge is 2.48. The molecule has 0 saturated heterocycles. The number of aromatic nitrogens is 5. The smallest absolute Gasteiger partial charge is 0.282 e. The minimum absolute atomic E-state index is 0.299. The van der Waals surface area contributed by atoms with Crippen molar-refractivity contribution < 1.29 is 0 Å². The number of para-hydroxylation sites is 1. The second kappa shape index (κ2) is 8.84. The Morgan fingerprint density at radius 2 is 1.92 bits per heavy atom. The predicted octanol–water partition coefficient (Wildman–Crippen LogP) is 5.83. The molecule has 1 N–H and O–H groups in total. The number of thiazole rings is 1. The summed E-state index contributed by atoms with van der Waals surface area (Å²) in [5.74, 6) is 0.378. The first-order valence-electron chi connectivity index (χ1n) is 12.1. The number of benzene rings is 2. The van der Waals surface area contributed by atoms with Crippen LogP contribution in [0.2, 0.25) is 10.0 Å². The molecular formula is C27H21Cl2N7OS. The van der Waals surface area contributed by atoms with E-state index in [9.17, 15) is 4.79 Å². The van der Waals surface area contributed by atoms with Crippen molar-refractivity contribution in [2.75, 3.05) is 18.9 Å². The molecule has 38 heavy (non-hydrogen) atoms. The van der Waals surface area contributed by atoms with Crippen molar-refractivity contribution in [1.82, 2.24) is 29.6 Å². The van der Waals surface area contributed by atoms with Crippen molar-refractivity contribution in [3.05, 3.63) is 85.8 Å². The second-order valence-corrected chi connectivity index (χ2v) is 11.6. The van der Waals surface area contributed by atoms with E-state index < -0.39 is 5.56 Å². The van der Waals surface area contributed by atoms with E-state index >= 15 is 0 Å². The number of nitrogens with one attached hydrogen (secondary N) is 1. The van der Waals surface area contributed by atoms with Gasteiger partial charge in [0.2, 0.25) is 5.95 Å². The van der Waals surface area contributed by atoms with E-state index in [4.69, 9.17) is 28.2 Å². The molecule has 0 bridgehead atoms. The summed E-state index contributed by atoms with van der Waals surface area (Å²) in [6.07, 6.45) is 5.70. The number of hydrogen-bond acceptors (Lipinski definition) is 8. The van der Waals surface area contributed by atoms with Crippen LogP contribution in [-0.4, -0.2) is 43.2 Å². The van der Waals surface area contributed by atoms with E-state index in [0.717, 1.165) is 23.7 Å². The maximum absolute atomic E-state index is 13.5. The Kier molecular flexibility index (Phi) is 5.52. The third-order valence-electron chi connectivity index (χ3n) is 7.25. The zero-order chi connectivity index (χ0) is 26.0. The van der Waals surface area contributed by atoms with Gasteiger partial charge in [0, 0.05) is 36.6 Å². The number of fused-ring (bicyclic) bond motifs is 3. The Morgan fingerprint density at radius 1 is 1.11 bits per heavy atom. The van der Waals surface area contributed by atoms with Gasteiger partial charge in [-0.3, -0.25) is 9.78 Å². The molecule has 2 aromatic carbocycles. The molecule has 1 fully saturated rings. The summed E-state index contributed by atoms with van der Waals surface area (Å²) in [7, 11) is 2.17. The van der Waals surface area contributed by atoms with E-state index in [2.05, 4.69) is 50.5 Å². The molecule has 1 aliphatic carbocycles. The average Bonchev–Trinajstić information content (AvgIpc) is 3.42. The van der Waals surface area contributed by atoms with Gasteiger partial charge in [0.1, 0.15) is 16.9 Å². The van der Waals surface area contributed by atoms with Crippen LogP contribution in [0.1, 0.15) is 24.0 Å². The van der Waals surface area contributed by atoms with Crippen LogP contribution in [0.25, 0.3) is 27.2 Å². The fourth-order valence-electron chi connectivity index (χ4n) is 5.40. The summed E-state index contributed by atoms with van der Waals surface area (Å²) in [5, 5.41) is 8.91. The average molecular weight is 562 g/mol. The van der Waals surface area contributed by atoms with Gasteiger partial charge in [-0.2, -0.15) is 9.78 Å². The SMILES string of the molecule is CN1Cc2cc(Nc3ncc4c(=O)n(-c5c(Cl)cccc5Cl)nc(-c5cncs5)c4n3)ccc2C2(CC2)C1. The predicted molar refractivity (Wildman–Crippen MR) is 151 cm³/mol. The van der Waals surface area contributed by atoms with Crippen LogP contribution in [0.15, 0.2) is 59.1 Å². The molecule has 2 aliphatic rings. The molecule has 0 unspecified atom stereocenters. The van der Waals surface area contributed by atoms with E-state index in [1.54, 1.807) is 29.9 Å². The first-order chi connectivity index (χ1) is 18.4. The van der Waals surface area contributed by atoms with Crippen LogP contribution in [0.4, 0.5) is 11.6 Å². The highest BCUT2D eigenvalue weighted by atomic mass is 35.5. The molecule has 0 atom stereocenters. The standard InChI is InChI=1S/C27H21Cl2N7OS/c1-35-12-15-9-16(5-6-18(15)27(13-35)7-8-27)32-26-31-10-17-22(33-26)23(21-11-30-14-38-21)34-36(25(17)37)24-19(28)3-2-4-20(24)29/h2-6,9-11,14H,7-8,12-13H2,1H3,(H,31,32,33). The van der Waals surface area contributed by atoms with E-state index in [0.29, 0.717) is 43.7 Å². The largest absolute Gasteiger partial charge is 0.324 e. The van der Waals surface area contributed by atoms with Crippen LogP contribution in [-0.2, 0) is 12.0 Å². The third kappa shape index (κ3) is 3.89. The van der Waals surface area contributed by atoms with Crippen molar-refractivity contribution in [1.29, 1.82) is 0 Å². The molecule has 4 heterocycles. The third-order valence-corrected chi connectivity index (χ3v) is 8.64. The maximum atomic E-state index is 13.5. The topological polar surface area (TPSA) is 88.8 Å². The molecule has 3 aromatic heterocycles. The van der Waals surface area contributed by atoms with Gasteiger partial charge in [-0.05, 0) is 55.3 Å². The summed E-state index contributed by atoms with van der Waals surface area (Å²) in [6.45, 7) is 2.03. The van der Waals surface area contributed by atoms with Crippen molar-refractivity contribution in [2.24, 2.45) is 0 Å². The molecule has 1 spiro atoms. The summed E-state index contributed by atoms with van der Waals surface area (Å²) in [4.78, 5) is 30.1. The first-order valence-corrected chi connectivity index (χ1v) is 13.8.